The van der Waals surface area contributed by atoms with Crippen LogP contribution in [0.2, 0.25) is 10.0 Å². The van der Waals surface area contributed by atoms with E-state index in [0.29, 0.717) is 15.6 Å². The van der Waals surface area contributed by atoms with Crippen LogP contribution in [0.15, 0.2) is 24.3 Å². The first kappa shape index (κ1) is 15.2. The highest BCUT2D eigenvalue weighted by Crippen LogP contribution is 2.26. The smallest absolute Gasteiger partial charge is 0.185 e. The zero-order valence-corrected chi connectivity index (χ0v) is 12.1. The Morgan fingerprint density at radius 3 is 2.44 bits per heavy atom. The van der Waals surface area contributed by atoms with E-state index in [1.165, 1.54) is 6.08 Å². The molecule has 98 valence electrons. The van der Waals surface area contributed by atoms with Crippen molar-refractivity contribution in [3.63, 3.8) is 0 Å². The van der Waals surface area contributed by atoms with Gasteiger partial charge in [0.2, 0.25) is 0 Å². The molecule has 1 aromatic rings. The lowest BCUT2D eigenvalue weighted by Crippen LogP contribution is -2.13. The number of benzene rings is 1. The van der Waals surface area contributed by atoms with Crippen LogP contribution in [0.5, 0.6) is 0 Å². The first-order valence-electron chi connectivity index (χ1n) is 5.57. The lowest BCUT2D eigenvalue weighted by atomic mass is 9.93. The van der Waals surface area contributed by atoms with Crippen LogP contribution in [-0.2, 0) is 0 Å². The van der Waals surface area contributed by atoms with Crippen LogP contribution in [0.1, 0.15) is 29.8 Å². The average molecular weight is 287 g/mol. The van der Waals surface area contributed by atoms with Gasteiger partial charge in [-0.25, -0.2) is 0 Å². The first-order chi connectivity index (χ1) is 8.26. The van der Waals surface area contributed by atoms with Gasteiger partial charge in [-0.05, 0) is 30.7 Å². The molecule has 0 amide bonds. The molecule has 2 nitrogen and oxygen atoms in total. The van der Waals surface area contributed by atoms with E-state index >= 15 is 0 Å². The van der Waals surface area contributed by atoms with Crippen molar-refractivity contribution >= 4 is 29.0 Å². The fourth-order valence-electron chi connectivity index (χ4n) is 1.36. The number of aryl methyl sites for hydroxylation is 1. The Bertz CT molecular complexity index is 491. The Morgan fingerprint density at radius 2 is 1.89 bits per heavy atom. The van der Waals surface area contributed by atoms with E-state index in [2.05, 4.69) is 0 Å². The topological polar surface area (TPSA) is 37.3 Å². The van der Waals surface area contributed by atoms with Crippen molar-refractivity contribution in [2.45, 2.75) is 20.8 Å². The summed E-state index contributed by atoms with van der Waals surface area (Å²) in [6.45, 7) is 5.48. The van der Waals surface area contributed by atoms with Crippen LogP contribution >= 0.6 is 23.2 Å². The standard InChI is InChI=1S/C14H16Cl2O2/c1-9-6-11(15)12(16)7-10(9)13(18)4-5-14(2,3)8-17/h4-7,17H,8H2,1-3H3. The SMILES string of the molecule is Cc1cc(Cl)c(Cl)cc1C(=O)C=CC(C)(C)CO. The first-order valence-corrected chi connectivity index (χ1v) is 6.32. The lowest BCUT2D eigenvalue weighted by molar-refractivity contribution is 0.104. The summed E-state index contributed by atoms with van der Waals surface area (Å²) in [6.07, 6.45) is 3.15. The van der Waals surface area contributed by atoms with Crippen molar-refractivity contribution < 1.29 is 9.90 Å². The van der Waals surface area contributed by atoms with Crippen LogP contribution in [0.25, 0.3) is 0 Å². The third-order valence-electron chi connectivity index (χ3n) is 2.63. The predicted octanol–water partition coefficient (Wildman–Crippen LogP) is 4.06. The van der Waals surface area contributed by atoms with Crippen molar-refractivity contribution in [3.8, 4) is 0 Å². The fraction of sp³-hybridized carbons (Fsp3) is 0.357. The number of allylic oxidation sites excluding steroid dienone is 1. The summed E-state index contributed by atoms with van der Waals surface area (Å²) in [7, 11) is 0. The summed E-state index contributed by atoms with van der Waals surface area (Å²) in [5.74, 6) is -0.146. The van der Waals surface area contributed by atoms with E-state index in [4.69, 9.17) is 28.3 Å². The van der Waals surface area contributed by atoms with E-state index in [9.17, 15) is 4.79 Å². The van der Waals surface area contributed by atoms with Crippen LogP contribution in [0.3, 0.4) is 0 Å². The summed E-state index contributed by atoms with van der Waals surface area (Å²) in [6, 6.07) is 3.24. The number of carbonyl (C=O) groups excluding carboxylic acids is 1. The molecular weight excluding hydrogens is 271 g/mol. The van der Waals surface area contributed by atoms with Gasteiger partial charge in [0.05, 0.1) is 16.7 Å². The van der Waals surface area contributed by atoms with Gasteiger partial charge in [0.1, 0.15) is 0 Å². The molecule has 0 saturated carbocycles. The summed E-state index contributed by atoms with van der Waals surface area (Å²) in [4.78, 5) is 12.0. The molecule has 0 aromatic heterocycles. The van der Waals surface area contributed by atoms with Crippen LogP contribution in [0, 0.1) is 12.3 Å². The molecule has 0 radical (unpaired) electrons. The Labute approximate surface area is 117 Å². The van der Waals surface area contributed by atoms with Gasteiger partial charge in [0.15, 0.2) is 5.78 Å². The lowest BCUT2D eigenvalue weighted by Gasteiger charge is -2.15. The van der Waals surface area contributed by atoms with E-state index < -0.39 is 5.41 Å². The highest BCUT2D eigenvalue weighted by molar-refractivity contribution is 6.42. The molecule has 0 aliphatic heterocycles. The van der Waals surface area contributed by atoms with Crippen molar-refractivity contribution in [1.29, 1.82) is 0 Å². The van der Waals surface area contributed by atoms with Crippen molar-refractivity contribution in [2.75, 3.05) is 6.61 Å². The third kappa shape index (κ3) is 3.84. The number of rotatable bonds is 4. The molecule has 0 saturated heterocycles. The molecule has 0 bridgehead atoms. The van der Waals surface area contributed by atoms with Crippen molar-refractivity contribution in [3.05, 3.63) is 45.5 Å². The van der Waals surface area contributed by atoms with Gasteiger partial charge in [-0.3, -0.25) is 4.79 Å². The van der Waals surface area contributed by atoms with Gasteiger partial charge in [-0.15, -0.1) is 0 Å². The van der Waals surface area contributed by atoms with Crippen LogP contribution in [-0.4, -0.2) is 17.5 Å². The maximum Gasteiger partial charge on any atom is 0.185 e. The largest absolute Gasteiger partial charge is 0.395 e. The molecule has 1 N–H and O–H groups in total. The van der Waals surface area contributed by atoms with Gasteiger partial charge < -0.3 is 5.11 Å². The predicted molar refractivity (Wildman–Crippen MR) is 75.5 cm³/mol. The molecule has 0 atom stereocenters. The fourth-order valence-corrected chi connectivity index (χ4v) is 1.74. The molecule has 0 heterocycles. The second-order valence-electron chi connectivity index (χ2n) is 4.93. The second kappa shape index (κ2) is 5.87. The molecule has 4 heteroatoms. The normalized spacial score (nSPS) is 12.1. The Balaban J connectivity index is 3.02. The molecule has 0 spiro atoms. The number of hydrogen-bond acceptors (Lipinski definition) is 2. The summed E-state index contributed by atoms with van der Waals surface area (Å²) in [5, 5.41) is 9.91. The Hall–Kier alpha value is -0.830. The number of aliphatic hydroxyl groups is 1. The molecule has 0 fully saturated rings. The Morgan fingerprint density at radius 1 is 1.33 bits per heavy atom. The number of aliphatic hydroxyl groups excluding tert-OH is 1. The minimum Gasteiger partial charge on any atom is -0.395 e. The minimum atomic E-state index is -0.417. The zero-order chi connectivity index (χ0) is 13.9. The van der Waals surface area contributed by atoms with E-state index in [1.54, 1.807) is 25.1 Å². The summed E-state index contributed by atoms with van der Waals surface area (Å²) >= 11 is 11.8. The number of ketones is 1. The molecule has 1 rings (SSSR count). The maximum atomic E-state index is 12.0. The molecule has 18 heavy (non-hydrogen) atoms. The second-order valence-corrected chi connectivity index (χ2v) is 5.74. The molecule has 0 aliphatic carbocycles. The molecule has 0 aliphatic rings. The highest BCUT2D eigenvalue weighted by atomic mass is 35.5. The van der Waals surface area contributed by atoms with Crippen molar-refractivity contribution in [2.24, 2.45) is 5.41 Å². The summed E-state index contributed by atoms with van der Waals surface area (Å²) < 4.78 is 0. The van der Waals surface area contributed by atoms with Gasteiger partial charge in [-0.1, -0.05) is 43.1 Å². The van der Waals surface area contributed by atoms with E-state index in [-0.39, 0.29) is 12.4 Å². The highest BCUT2D eigenvalue weighted by Gasteiger charge is 2.14. The third-order valence-corrected chi connectivity index (χ3v) is 3.35. The average Bonchev–Trinajstić information content (AvgIpc) is 2.31. The van der Waals surface area contributed by atoms with E-state index in [0.717, 1.165) is 5.56 Å². The quantitative estimate of drug-likeness (QED) is 0.669. The van der Waals surface area contributed by atoms with Crippen LogP contribution in [0.4, 0.5) is 0 Å². The van der Waals surface area contributed by atoms with Gasteiger partial charge in [-0.2, -0.15) is 0 Å². The van der Waals surface area contributed by atoms with Crippen LogP contribution < -0.4 is 0 Å². The van der Waals surface area contributed by atoms with Gasteiger partial charge in [0.25, 0.3) is 0 Å². The monoisotopic (exact) mass is 286 g/mol. The van der Waals surface area contributed by atoms with E-state index in [1.807, 2.05) is 13.8 Å². The van der Waals surface area contributed by atoms with Gasteiger partial charge >= 0.3 is 0 Å². The van der Waals surface area contributed by atoms with Crippen molar-refractivity contribution in [1.82, 2.24) is 0 Å². The molecule has 0 unspecified atom stereocenters. The Kier molecular flexibility index (Phi) is 4.97. The number of halogens is 2. The number of carbonyl (C=O) groups is 1. The maximum absolute atomic E-state index is 12.0. The zero-order valence-electron chi connectivity index (χ0n) is 10.6. The molecule has 1 aromatic carbocycles. The summed E-state index contributed by atoms with van der Waals surface area (Å²) in [5.41, 5.74) is 0.884. The minimum absolute atomic E-state index is 0.0167. The molecular formula is C14H16Cl2O2. The van der Waals surface area contributed by atoms with Gasteiger partial charge in [0, 0.05) is 11.0 Å². The number of hydrogen-bond donors (Lipinski definition) is 1.